The number of nitro groups is 1. The van der Waals surface area contributed by atoms with E-state index in [-0.39, 0.29) is 6.07 Å². The molecule has 0 spiro atoms. The summed E-state index contributed by atoms with van der Waals surface area (Å²) in [5.41, 5.74) is -3.62. The van der Waals surface area contributed by atoms with E-state index in [1.165, 1.54) is 0 Å². The summed E-state index contributed by atoms with van der Waals surface area (Å²) in [5.74, 6) is -6.99. The maximum absolute atomic E-state index is 13.0. The number of hydrogen-bond donors (Lipinski definition) is 1. The van der Waals surface area contributed by atoms with E-state index in [1.807, 2.05) is 0 Å². The van der Waals surface area contributed by atoms with Crippen molar-refractivity contribution in [2.24, 2.45) is 0 Å². The van der Waals surface area contributed by atoms with Gasteiger partial charge in [-0.1, -0.05) is 6.07 Å². The van der Waals surface area contributed by atoms with Crippen LogP contribution in [0, 0.1) is 10.1 Å². The second kappa shape index (κ2) is 5.02. The SMILES string of the molecule is O=C(O)C(F)(F)Cc1ccc([N+](=O)[O-])cc1C(F)(F)F. The summed E-state index contributed by atoms with van der Waals surface area (Å²) in [7, 11) is 0. The zero-order valence-corrected chi connectivity index (χ0v) is 9.45. The Hall–Kier alpha value is -2.26. The van der Waals surface area contributed by atoms with E-state index in [2.05, 4.69) is 0 Å². The number of alkyl halides is 5. The quantitative estimate of drug-likeness (QED) is 0.526. The Morgan fingerprint density at radius 1 is 1.25 bits per heavy atom. The van der Waals surface area contributed by atoms with Crippen molar-refractivity contribution in [3.05, 3.63) is 39.4 Å². The summed E-state index contributed by atoms with van der Waals surface area (Å²) in [6.07, 6.45) is -6.83. The van der Waals surface area contributed by atoms with Crippen LogP contribution in [0.25, 0.3) is 0 Å². The third-order valence-electron chi connectivity index (χ3n) is 2.34. The minimum atomic E-state index is -5.12. The molecule has 1 N–H and O–H groups in total. The lowest BCUT2D eigenvalue weighted by molar-refractivity contribution is -0.385. The minimum absolute atomic E-state index is 0.0905. The molecule has 1 aromatic rings. The number of aliphatic carboxylic acids is 1. The second-order valence-corrected chi connectivity index (χ2v) is 3.78. The lowest BCUT2D eigenvalue weighted by Crippen LogP contribution is -2.31. The Labute approximate surface area is 107 Å². The van der Waals surface area contributed by atoms with Crippen LogP contribution >= 0.6 is 0 Å². The first-order valence-electron chi connectivity index (χ1n) is 4.91. The molecule has 0 unspecified atom stereocenters. The van der Waals surface area contributed by atoms with Gasteiger partial charge in [-0.25, -0.2) is 4.79 Å². The Morgan fingerprint density at radius 2 is 1.80 bits per heavy atom. The average molecular weight is 299 g/mol. The van der Waals surface area contributed by atoms with Crippen molar-refractivity contribution in [2.45, 2.75) is 18.5 Å². The van der Waals surface area contributed by atoms with Gasteiger partial charge in [-0.15, -0.1) is 0 Å². The summed E-state index contributed by atoms with van der Waals surface area (Å²) >= 11 is 0. The lowest BCUT2D eigenvalue weighted by atomic mass is 10.00. The minimum Gasteiger partial charge on any atom is -0.477 e. The topological polar surface area (TPSA) is 80.4 Å². The molecule has 0 aliphatic carbocycles. The van der Waals surface area contributed by atoms with Crippen LogP contribution < -0.4 is 0 Å². The zero-order chi connectivity index (χ0) is 15.7. The molecule has 0 heterocycles. The van der Waals surface area contributed by atoms with Crippen molar-refractivity contribution in [1.82, 2.24) is 0 Å². The Morgan fingerprint density at radius 3 is 2.20 bits per heavy atom. The van der Waals surface area contributed by atoms with Crippen LogP contribution in [-0.4, -0.2) is 21.9 Å². The summed E-state index contributed by atoms with van der Waals surface area (Å²) in [5, 5.41) is 18.6. The number of nitrogens with zero attached hydrogens (tertiary/aromatic N) is 1. The van der Waals surface area contributed by atoms with Gasteiger partial charge in [0.15, 0.2) is 0 Å². The highest BCUT2D eigenvalue weighted by Crippen LogP contribution is 2.36. The van der Waals surface area contributed by atoms with Crippen LogP contribution in [0.15, 0.2) is 18.2 Å². The highest BCUT2D eigenvalue weighted by molar-refractivity contribution is 5.75. The first-order chi connectivity index (χ1) is 8.95. The van der Waals surface area contributed by atoms with Crippen molar-refractivity contribution >= 4 is 11.7 Å². The van der Waals surface area contributed by atoms with E-state index < -0.39 is 46.2 Å². The number of rotatable bonds is 4. The van der Waals surface area contributed by atoms with Crippen molar-refractivity contribution in [2.75, 3.05) is 0 Å². The molecule has 0 aliphatic heterocycles. The summed E-state index contributed by atoms with van der Waals surface area (Å²) in [6.45, 7) is 0. The van der Waals surface area contributed by atoms with Crippen LogP contribution in [0.1, 0.15) is 11.1 Å². The third-order valence-corrected chi connectivity index (χ3v) is 2.34. The molecule has 0 amide bonds. The van der Waals surface area contributed by atoms with Gasteiger partial charge in [0.1, 0.15) is 0 Å². The molecule has 0 atom stereocenters. The molecule has 1 rings (SSSR count). The number of halogens is 5. The van der Waals surface area contributed by atoms with E-state index in [0.29, 0.717) is 12.1 Å². The average Bonchev–Trinajstić information content (AvgIpc) is 2.26. The summed E-state index contributed by atoms with van der Waals surface area (Å²) in [6, 6.07) is 1.16. The van der Waals surface area contributed by atoms with Gasteiger partial charge in [0, 0.05) is 18.6 Å². The first kappa shape index (κ1) is 15.8. The van der Waals surface area contributed by atoms with E-state index in [9.17, 15) is 36.9 Å². The third kappa shape index (κ3) is 3.39. The molecule has 0 saturated carbocycles. The van der Waals surface area contributed by atoms with Gasteiger partial charge in [0.2, 0.25) is 0 Å². The van der Waals surface area contributed by atoms with Crippen LogP contribution in [0.4, 0.5) is 27.6 Å². The van der Waals surface area contributed by atoms with Crippen LogP contribution in [0.3, 0.4) is 0 Å². The highest BCUT2D eigenvalue weighted by Gasteiger charge is 2.43. The van der Waals surface area contributed by atoms with Crippen LogP contribution in [-0.2, 0) is 17.4 Å². The molecule has 0 aromatic heterocycles. The fraction of sp³-hybridized carbons (Fsp3) is 0.300. The molecule has 0 aliphatic rings. The maximum atomic E-state index is 13.0. The van der Waals surface area contributed by atoms with Crippen molar-refractivity contribution in [1.29, 1.82) is 0 Å². The number of benzene rings is 1. The number of nitro benzene ring substituents is 1. The Balaban J connectivity index is 3.33. The van der Waals surface area contributed by atoms with Gasteiger partial charge < -0.3 is 5.11 Å². The van der Waals surface area contributed by atoms with Crippen molar-refractivity contribution in [3.63, 3.8) is 0 Å². The predicted molar refractivity (Wildman–Crippen MR) is 54.4 cm³/mol. The Kier molecular flexibility index (Phi) is 3.97. The van der Waals surface area contributed by atoms with Gasteiger partial charge in [-0.2, -0.15) is 22.0 Å². The number of carboxylic acid groups (broad SMARTS) is 1. The normalized spacial score (nSPS) is 12.2. The predicted octanol–water partition coefficient (Wildman–Crippen LogP) is 2.88. The fourth-order valence-corrected chi connectivity index (χ4v) is 1.41. The molecule has 10 heteroatoms. The number of non-ortho nitro benzene ring substituents is 1. The molecule has 110 valence electrons. The van der Waals surface area contributed by atoms with E-state index in [0.717, 1.165) is 0 Å². The maximum Gasteiger partial charge on any atom is 0.416 e. The molecule has 0 saturated heterocycles. The molecular weight excluding hydrogens is 293 g/mol. The first-order valence-corrected chi connectivity index (χ1v) is 4.91. The Bertz CT molecular complexity index is 555. The summed E-state index contributed by atoms with van der Waals surface area (Å²) < 4.78 is 63.9. The number of carboxylic acids is 1. The van der Waals surface area contributed by atoms with Crippen LogP contribution in [0.5, 0.6) is 0 Å². The van der Waals surface area contributed by atoms with Crippen molar-refractivity contribution < 1.29 is 36.8 Å². The smallest absolute Gasteiger partial charge is 0.416 e. The molecule has 1 aromatic carbocycles. The molecule has 0 radical (unpaired) electrons. The van der Waals surface area contributed by atoms with Gasteiger partial charge >= 0.3 is 18.1 Å². The fourth-order valence-electron chi connectivity index (χ4n) is 1.41. The lowest BCUT2D eigenvalue weighted by Gasteiger charge is -2.16. The molecule has 20 heavy (non-hydrogen) atoms. The standard InChI is InChI=1S/C10H6F5NO4/c11-9(12,8(17)18)4-5-1-2-6(16(19)20)3-7(5)10(13,14)15/h1-3H,4H2,(H,17,18). The number of hydrogen-bond acceptors (Lipinski definition) is 3. The van der Waals surface area contributed by atoms with Gasteiger partial charge in [0.05, 0.1) is 10.5 Å². The monoisotopic (exact) mass is 299 g/mol. The van der Waals surface area contributed by atoms with Gasteiger partial charge in [-0.3, -0.25) is 10.1 Å². The summed E-state index contributed by atoms with van der Waals surface area (Å²) in [4.78, 5) is 19.5. The second-order valence-electron chi connectivity index (χ2n) is 3.78. The largest absolute Gasteiger partial charge is 0.477 e. The molecule has 0 fully saturated rings. The van der Waals surface area contributed by atoms with E-state index in [1.54, 1.807) is 0 Å². The number of carbonyl (C=O) groups is 1. The van der Waals surface area contributed by atoms with Crippen molar-refractivity contribution in [3.8, 4) is 0 Å². The zero-order valence-electron chi connectivity index (χ0n) is 9.45. The molecule has 0 bridgehead atoms. The molecular formula is C10H6F5NO4. The van der Waals surface area contributed by atoms with Crippen LogP contribution in [0.2, 0.25) is 0 Å². The molecule has 5 nitrogen and oxygen atoms in total. The van der Waals surface area contributed by atoms with E-state index in [4.69, 9.17) is 5.11 Å². The van der Waals surface area contributed by atoms with Gasteiger partial charge in [0.25, 0.3) is 5.69 Å². The van der Waals surface area contributed by atoms with E-state index >= 15 is 0 Å². The highest BCUT2D eigenvalue weighted by atomic mass is 19.4. The van der Waals surface area contributed by atoms with Gasteiger partial charge in [-0.05, 0) is 5.56 Å².